The van der Waals surface area contributed by atoms with Crippen LogP contribution in [0.3, 0.4) is 0 Å². The van der Waals surface area contributed by atoms with E-state index in [1.54, 1.807) is 0 Å². The van der Waals surface area contributed by atoms with E-state index < -0.39 is 11.9 Å². The van der Waals surface area contributed by atoms with Crippen LogP contribution in [-0.2, 0) is 0 Å². The van der Waals surface area contributed by atoms with Crippen LogP contribution in [-0.4, -0.2) is 22.2 Å². The topological polar surface area (TPSA) is 87.7 Å². The summed E-state index contributed by atoms with van der Waals surface area (Å²) in [6, 6.07) is 6.81. The number of carboxylic acid groups (broad SMARTS) is 2. The maximum Gasteiger partial charge on any atom is 0.371 e. The highest BCUT2D eigenvalue weighted by Gasteiger charge is 2.14. The lowest BCUT2D eigenvalue weighted by Gasteiger charge is -2.02. The number of benzene rings is 1. The average molecular weight is 267 g/mol. The molecule has 0 aliphatic rings. The molecule has 2 rings (SSSR count). The van der Waals surface area contributed by atoms with Crippen molar-refractivity contribution in [3.63, 3.8) is 0 Å². The molecule has 0 spiro atoms. The number of aromatic carboxylic acids is 2. The van der Waals surface area contributed by atoms with E-state index in [4.69, 9.17) is 26.2 Å². The Morgan fingerprint density at radius 1 is 1.06 bits per heavy atom. The molecule has 5 nitrogen and oxygen atoms in total. The molecule has 1 heterocycles. The molecule has 0 atom stereocenters. The van der Waals surface area contributed by atoms with Gasteiger partial charge in [0.15, 0.2) is 0 Å². The quantitative estimate of drug-likeness (QED) is 0.891. The van der Waals surface area contributed by atoms with Crippen LogP contribution >= 0.6 is 11.6 Å². The number of carbonyl (C=O) groups is 2. The zero-order valence-electron chi connectivity index (χ0n) is 8.88. The van der Waals surface area contributed by atoms with Gasteiger partial charge in [0.05, 0.1) is 10.6 Å². The minimum atomic E-state index is -1.20. The number of hydrogen-bond donors (Lipinski definition) is 2. The molecule has 0 amide bonds. The van der Waals surface area contributed by atoms with Crippen molar-refractivity contribution in [1.82, 2.24) is 0 Å². The van der Waals surface area contributed by atoms with Crippen molar-refractivity contribution in [1.29, 1.82) is 0 Å². The number of furan rings is 1. The van der Waals surface area contributed by atoms with Crippen LogP contribution in [0.5, 0.6) is 0 Å². The maximum atomic E-state index is 10.8. The first-order valence-corrected chi connectivity index (χ1v) is 5.23. The van der Waals surface area contributed by atoms with Crippen molar-refractivity contribution in [2.24, 2.45) is 0 Å². The molecular weight excluding hydrogens is 260 g/mol. The van der Waals surface area contributed by atoms with Crippen LogP contribution in [0.25, 0.3) is 11.3 Å². The first-order chi connectivity index (χ1) is 8.49. The van der Waals surface area contributed by atoms with Crippen molar-refractivity contribution >= 4 is 23.5 Å². The maximum absolute atomic E-state index is 10.8. The van der Waals surface area contributed by atoms with E-state index >= 15 is 0 Å². The molecule has 0 saturated heterocycles. The second-order valence-electron chi connectivity index (χ2n) is 3.47. The molecule has 2 N–H and O–H groups in total. The Bertz CT molecular complexity index is 629. The third-order valence-corrected chi connectivity index (χ3v) is 2.63. The number of hydrogen-bond acceptors (Lipinski definition) is 3. The summed E-state index contributed by atoms with van der Waals surface area (Å²) in [5.74, 6) is -2.33. The number of rotatable bonds is 3. The third-order valence-electron chi connectivity index (χ3n) is 2.30. The molecule has 1 aromatic heterocycles. The summed E-state index contributed by atoms with van der Waals surface area (Å²) in [5.41, 5.74) is 0.381. The summed E-state index contributed by atoms with van der Waals surface area (Å²) in [5, 5.41) is 17.9. The summed E-state index contributed by atoms with van der Waals surface area (Å²) in [7, 11) is 0. The highest BCUT2D eigenvalue weighted by Crippen LogP contribution is 2.30. The summed E-state index contributed by atoms with van der Waals surface area (Å²) in [6.45, 7) is 0. The average Bonchev–Trinajstić information content (AvgIpc) is 2.78. The Morgan fingerprint density at radius 2 is 1.78 bits per heavy atom. The molecule has 92 valence electrons. The van der Waals surface area contributed by atoms with Gasteiger partial charge in [-0.3, -0.25) is 0 Å². The highest BCUT2D eigenvalue weighted by atomic mass is 35.5. The molecule has 0 aliphatic heterocycles. The SMILES string of the molecule is O=C(O)c1ccc(Cl)c(-c2ccc(C(=O)O)o2)c1. The standard InChI is InChI=1S/C12H7ClO5/c13-8-2-1-6(11(14)15)5-7(8)9-3-4-10(18-9)12(16)17/h1-5H,(H,14,15)(H,16,17). The van der Waals surface area contributed by atoms with Gasteiger partial charge in [0.25, 0.3) is 0 Å². The van der Waals surface area contributed by atoms with Crippen LogP contribution in [0, 0.1) is 0 Å². The summed E-state index contributed by atoms with van der Waals surface area (Å²) >= 11 is 5.92. The van der Waals surface area contributed by atoms with Crippen molar-refractivity contribution in [2.75, 3.05) is 0 Å². The Morgan fingerprint density at radius 3 is 2.33 bits per heavy atom. The van der Waals surface area contributed by atoms with E-state index in [1.807, 2.05) is 0 Å². The van der Waals surface area contributed by atoms with Gasteiger partial charge in [0.1, 0.15) is 5.76 Å². The first-order valence-electron chi connectivity index (χ1n) is 4.85. The normalized spacial score (nSPS) is 10.3. The largest absolute Gasteiger partial charge is 0.478 e. The lowest BCUT2D eigenvalue weighted by atomic mass is 10.1. The van der Waals surface area contributed by atoms with Crippen molar-refractivity contribution in [3.8, 4) is 11.3 Å². The Hall–Kier alpha value is -2.27. The Balaban J connectivity index is 2.51. The molecule has 2 aromatic rings. The van der Waals surface area contributed by atoms with Gasteiger partial charge in [0.2, 0.25) is 5.76 Å². The van der Waals surface area contributed by atoms with Crippen molar-refractivity contribution in [3.05, 3.63) is 46.7 Å². The van der Waals surface area contributed by atoms with Crippen LogP contribution in [0.2, 0.25) is 5.02 Å². The van der Waals surface area contributed by atoms with Gasteiger partial charge in [-0.15, -0.1) is 0 Å². The molecule has 0 bridgehead atoms. The van der Waals surface area contributed by atoms with E-state index in [0.29, 0.717) is 5.56 Å². The minimum absolute atomic E-state index is 0.0441. The lowest BCUT2D eigenvalue weighted by Crippen LogP contribution is -1.96. The lowest BCUT2D eigenvalue weighted by molar-refractivity contribution is 0.0660. The molecule has 0 aliphatic carbocycles. The molecule has 0 unspecified atom stereocenters. The van der Waals surface area contributed by atoms with Gasteiger partial charge in [0, 0.05) is 5.56 Å². The second kappa shape index (κ2) is 4.54. The fraction of sp³-hybridized carbons (Fsp3) is 0. The zero-order chi connectivity index (χ0) is 13.3. The highest BCUT2D eigenvalue weighted by molar-refractivity contribution is 6.33. The summed E-state index contributed by atoms with van der Waals surface area (Å²) in [6.07, 6.45) is 0. The minimum Gasteiger partial charge on any atom is -0.478 e. The molecule has 0 fully saturated rings. The van der Waals surface area contributed by atoms with Crippen LogP contribution in [0.4, 0.5) is 0 Å². The van der Waals surface area contributed by atoms with Gasteiger partial charge >= 0.3 is 11.9 Å². The smallest absolute Gasteiger partial charge is 0.371 e. The number of halogens is 1. The fourth-order valence-corrected chi connectivity index (χ4v) is 1.66. The van der Waals surface area contributed by atoms with E-state index in [-0.39, 0.29) is 22.1 Å². The Kier molecular flexibility index (Phi) is 3.08. The van der Waals surface area contributed by atoms with Crippen LogP contribution in [0.15, 0.2) is 34.7 Å². The van der Waals surface area contributed by atoms with Gasteiger partial charge in [-0.05, 0) is 30.3 Å². The van der Waals surface area contributed by atoms with E-state index in [2.05, 4.69) is 0 Å². The molecule has 1 aromatic carbocycles. The van der Waals surface area contributed by atoms with Crippen molar-refractivity contribution in [2.45, 2.75) is 0 Å². The van der Waals surface area contributed by atoms with Gasteiger partial charge in [-0.2, -0.15) is 0 Å². The first kappa shape index (κ1) is 12.2. The molecular formula is C12H7ClO5. The summed E-state index contributed by atoms with van der Waals surface area (Å²) in [4.78, 5) is 21.5. The number of carboxylic acids is 2. The van der Waals surface area contributed by atoms with Crippen LogP contribution in [0.1, 0.15) is 20.9 Å². The predicted molar refractivity (Wildman–Crippen MR) is 63.1 cm³/mol. The molecule has 0 radical (unpaired) electrons. The second-order valence-corrected chi connectivity index (χ2v) is 3.88. The third kappa shape index (κ3) is 2.21. The molecule has 0 saturated carbocycles. The van der Waals surface area contributed by atoms with Gasteiger partial charge in [-0.25, -0.2) is 9.59 Å². The van der Waals surface area contributed by atoms with E-state index in [9.17, 15) is 9.59 Å². The van der Waals surface area contributed by atoms with E-state index in [0.717, 1.165) is 0 Å². The Labute approximate surface area is 106 Å². The molecule has 18 heavy (non-hydrogen) atoms. The van der Waals surface area contributed by atoms with E-state index in [1.165, 1.54) is 30.3 Å². The fourth-order valence-electron chi connectivity index (χ4n) is 1.44. The predicted octanol–water partition coefficient (Wildman–Crippen LogP) is 3.00. The summed E-state index contributed by atoms with van der Waals surface area (Å²) < 4.78 is 5.07. The van der Waals surface area contributed by atoms with Crippen molar-refractivity contribution < 1.29 is 24.2 Å². The van der Waals surface area contributed by atoms with Gasteiger partial charge < -0.3 is 14.6 Å². The van der Waals surface area contributed by atoms with Gasteiger partial charge in [-0.1, -0.05) is 11.6 Å². The molecule has 6 heteroatoms. The zero-order valence-corrected chi connectivity index (χ0v) is 9.64. The monoisotopic (exact) mass is 266 g/mol. The van der Waals surface area contributed by atoms with Crippen LogP contribution < -0.4 is 0 Å².